The minimum atomic E-state index is -0.247. The number of piperazine rings is 1. The zero-order valence-corrected chi connectivity index (χ0v) is 11.6. The van der Waals surface area contributed by atoms with E-state index >= 15 is 0 Å². The Hall–Kier alpha value is -1.92. The third kappa shape index (κ3) is 3.55. The molecule has 2 rings (SSSR count). The Morgan fingerprint density at radius 1 is 1.15 bits per heavy atom. The molecule has 0 aromatic heterocycles. The molecule has 1 aromatic carbocycles. The summed E-state index contributed by atoms with van der Waals surface area (Å²) >= 11 is 0. The van der Waals surface area contributed by atoms with Crippen LogP contribution in [0.15, 0.2) is 24.3 Å². The third-order valence-corrected chi connectivity index (χ3v) is 3.39. The zero-order valence-electron chi connectivity index (χ0n) is 11.6. The quantitative estimate of drug-likeness (QED) is 0.812. The molecule has 6 nitrogen and oxygen atoms in total. The van der Waals surface area contributed by atoms with Crippen LogP contribution >= 0.6 is 0 Å². The van der Waals surface area contributed by atoms with Crippen molar-refractivity contribution < 1.29 is 9.59 Å². The van der Waals surface area contributed by atoms with Crippen LogP contribution in [0.5, 0.6) is 0 Å². The SMILES string of the molecule is CN1CCN(C(=O)c2ccc(NC(=O)CN)cc2)CC1. The van der Waals surface area contributed by atoms with Gasteiger partial charge in [0, 0.05) is 37.4 Å². The Morgan fingerprint density at radius 2 is 1.75 bits per heavy atom. The number of benzene rings is 1. The molecular weight excluding hydrogens is 256 g/mol. The fourth-order valence-electron chi connectivity index (χ4n) is 2.10. The molecule has 1 heterocycles. The summed E-state index contributed by atoms with van der Waals surface area (Å²) < 4.78 is 0. The molecule has 1 aromatic rings. The molecule has 20 heavy (non-hydrogen) atoms. The van der Waals surface area contributed by atoms with Crippen molar-refractivity contribution in [2.24, 2.45) is 5.73 Å². The topological polar surface area (TPSA) is 78.7 Å². The number of hydrogen-bond acceptors (Lipinski definition) is 4. The number of nitrogens with one attached hydrogen (secondary N) is 1. The number of nitrogens with zero attached hydrogens (tertiary/aromatic N) is 2. The van der Waals surface area contributed by atoms with Gasteiger partial charge in [-0.15, -0.1) is 0 Å². The Kier molecular flexibility index (Phi) is 4.70. The highest BCUT2D eigenvalue weighted by Crippen LogP contribution is 2.12. The fraction of sp³-hybridized carbons (Fsp3) is 0.429. The summed E-state index contributed by atoms with van der Waals surface area (Å²) in [7, 11) is 2.05. The van der Waals surface area contributed by atoms with Crippen molar-refractivity contribution in [1.82, 2.24) is 9.80 Å². The van der Waals surface area contributed by atoms with Crippen molar-refractivity contribution in [3.8, 4) is 0 Å². The predicted molar refractivity (Wildman–Crippen MR) is 77.5 cm³/mol. The predicted octanol–water partition coefficient (Wildman–Crippen LogP) is -0.0286. The standard InChI is InChI=1S/C14H20N4O2/c1-17-6-8-18(9-7-17)14(20)11-2-4-12(5-3-11)16-13(19)10-15/h2-5H,6-10,15H2,1H3,(H,16,19). The van der Waals surface area contributed by atoms with Crippen LogP contribution < -0.4 is 11.1 Å². The van der Waals surface area contributed by atoms with E-state index in [2.05, 4.69) is 17.3 Å². The summed E-state index contributed by atoms with van der Waals surface area (Å²) in [5.41, 5.74) is 6.52. The van der Waals surface area contributed by atoms with Gasteiger partial charge in [0.25, 0.3) is 5.91 Å². The van der Waals surface area contributed by atoms with E-state index in [1.165, 1.54) is 0 Å². The summed E-state index contributed by atoms with van der Waals surface area (Å²) in [5.74, 6) is -0.210. The maximum atomic E-state index is 12.3. The molecular formula is C14H20N4O2. The number of carbonyl (C=O) groups is 2. The van der Waals surface area contributed by atoms with Gasteiger partial charge >= 0.3 is 0 Å². The summed E-state index contributed by atoms with van der Waals surface area (Å²) in [6.45, 7) is 3.25. The van der Waals surface area contributed by atoms with Crippen LogP contribution in [-0.2, 0) is 4.79 Å². The number of hydrogen-bond donors (Lipinski definition) is 2. The Labute approximate surface area is 118 Å². The number of likely N-dealkylation sites (N-methyl/N-ethyl adjacent to an activating group) is 1. The van der Waals surface area contributed by atoms with Crippen molar-refractivity contribution in [3.63, 3.8) is 0 Å². The Balaban J connectivity index is 1.98. The number of carbonyl (C=O) groups excluding carboxylic acids is 2. The fourth-order valence-corrected chi connectivity index (χ4v) is 2.10. The molecule has 1 saturated heterocycles. The van der Waals surface area contributed by atoms with Crippen molar-refractivity contribution >= 4 is 17.5 Å². The third-order valence-electron chi connectivity index (χ3n) is 3.39. The van der Waals surface area contributed by atoms with Crippen molar-refractivity contribution in [2.75, 3.05) is 45.1 Å². The zero-order chi connectivity index (χ0) is 14.5. The van der Waals surface area contributed by atoms with Gasteiger partial charge in [-0.3, -0.25) is 9.59 Å². The first kappa shape index (κ1) is 14.5. The highest BCUT2D eigenvalue weighted by Gasteiger charge is 2.20. The summed E-state index contributed by atoms with van der Waals surface area (Å²) in [6.07, 6.45) is 0. The lowest BCUT2D eigenvalue weighted by atomic mass is 10.1. The lowest BCUT2D eigenvalue weighted by Gasteiger charge is -2.32. The number of nitrogens with two attached hydrogens (primary N) is 1. The van der Waals surface area contributed by atoms with E-state index in [-0.39, 0.29) is 18.4 Å². The van der Waals surface area contributed by atoms with Gasteiger partial charge in [0.2, 0.25) is 5.91 Å². The lowest BCUT2D eigenvalue weighted by Crippen LogP contribution is -2.47. The van der Waals surface area contributed by atoms with Crippen LogP contribution in [0.4, 0.5) is 5.69 Å². The lowest BCUT2D eigenvalue weighted by molar-refractivity contribution is -0.114. The molecule has 1 aliphatic heterocycles. The normalized spacial score (nSPS) is 16.0. The van der Waals surface area contributed by atoms with Gasteiger partial charge < -0.3 is 20.9 Å². The largest absolute Gasteiger partial charge is 0.336 e. The monoisotopic (exact) mass is 276 g/mol. The number of rotatable bonds is 3. The highest BCUT2D eigenvalue weighted by atomic mass is 16.2. The minimum absolute atomic E-state index is 0.0369. The minimum Gasteiger partial charge on any atom is -0.336 e. The van der Waals surface area contributed by atoms with Gasteiger partial charge in [-0.1, -0.05) is 0 Å². The van der Waals surface area contributed by atoms with Crippen LogP contribution in [0.25, 0.3) is 0 Å². The van der Waals surface area contributed by atoms with Crippen LogP contribution in [0.2, 0.25) is 0 Å². The first-order chi connectivity index (χ1) is 9.60. The van der Waals surface area contributed by atoms with E-state index in [0.29, 0.717) is 11.3 Å². The first-order valence-electron chi connectivity index (χ1n) is 6.68. The van der Waals surface area contributed by atoms with Gasteiger partial charge in [-0.2, -0.15) is 0 Å². The maximum absolute atomic E-state index is 12.3. The molecule has 108 valence electrons. The molecule has 0 bridgehead atoms. The van der Waals surface area contributed by atoms with Gasteiger partial charge in [-0.25, -0.2) is 0 Å². The Bertz CT molecular complexity index is 478. The molecule has 6 heteroatoms. The van der Waals surface area contributed by atoms with Crippen LogP contribution in [0, 0.1) is 0 Å². The molecule has 0 aliphatic carbocycles. The van der Waals surface area contributed by atoms with Gasteiger partial charge in [0.05, 0.1) is 6.54 Å². The van der Waals surface area contributed by atoms with E-state index in [9.17, 15) is 9.59 Å². The summed E-state index contributed by atoms with van der Waals surface area (Å²) in [5, 5.41) is 2.65. The summed E-state index contributed by atoms with van der Waals surface area (Å²) in [6, 6.07) is 6.90. The van der Waals surface area contributed by atoms with E-state index in [1.54, 1.807) is 24.3 Å². The molecule has 1 fully saturated rings. The van der Waals surface area contributed by atoms with E-state index in [1.807, 2.05) is 4.90 Å². The number of amides is 2. The number of anilines is 1. The molecule has 0 spiro atoms. The molecule has 3 N–H and O–H groups in total. The average molecular weight is 276 g/mol. The molecule has 1 aliphatic rings. The van der Waals surface area contributed by atoms with Crippen molar-refractivity contribution in [3.05, 3.63) is 29.8 Å². The highest BCUT2D eigenvalue weighted by molar-refractivity contribution is 5.96. The smallest absolute Gasteiger partial charge is 0.253 e. The van der Waals surface area contributed by atoms with Gasteiger partial charge in [0.1, 0.15) is 0 Å². The van der Waals surface area contributed by atoms with Crippen LogP contribution in [0.1, 0.15) is 10.4 Å². The molecule has 0 atom stereocenters. The second-order valence-electron chi connectivity index (χ2n) is 4.93. The average Bonchev–Trinajstić information content (AvgIpc) is 2.48. The Morgan fingerprint density at radius 3 is 2.30 bits per heavy atom. The van der Waals surface area contributed by atoms with E-state index in [0.717, 1.165) is 26.2 Å². The molecule has 0 unspecified atom stereocenters. The second-order valence-corrected chi connectivity index (χ2v) is 4.93. The van der Waals surface area contributed by atoms with Crippen molar-refractivity contribution in [2.45, 2.75) is 0 Å². The molecule has 2 amide bonds. The van der Waals surface area contributed by atoms with Crippen LogP contribution in [-0.4, -0.2) is 61.4 Å². The van der Waals surface area contributed by atoms with Crippen molar-refractivity contribution in [1.29, 1.82) is 0 Å². The van der Waals surface area contributed by atoms with Gasteiger partial charge in [0.15, 0.2) is 0 Å². The molecule has 0 radical (unpaired) electrons. The first-order valence-corrected chi connectivity index (χ1v) is 6.68. The van der Waals surface area contributed by atoms with Gasteiger partial charge in [-0.05, 0) is 31.3 Å². The summed E-state index contributed by atoms with van der Waals surface area (Å²) in [4.78, 5) is 27.5. The van der Waals surface area contributed by atoms with Crippen LogP contribution in [0.3, 0.4) is 0 Å². The van der Waals surface area contributed by atoms with E-state index < -0.39 is 0 Å². The maximum Gasteiger partial charge on any atom is 0.253 e. The second kappa shape index (κ2) is 6.49. The molecule has 0 saturated carbocycles. The van der Waals surface area contributed by atoms with E-state index in [4.69, 9.17) is 5.73 Å².